The van der Waals surface area contributed by atoms with Crippen molar-refractivity contribution in [3.63, 3.8) is 0 Å². The first-order valence-corrected chi connectivity index (χ1v) is 6.00. The van der Waals surface area contributed by atoms with Crippen LogP contribution in [0.15, 0.2) is 24.3 Å². The van der Waals surface area contributed by atoms with E-state index in [0.717, 1.165) is 12.2 Å². The Kier molecular flexibility index (Phi) is 4.80. The van der Waals surface area contributed by atoms with Crippen molar-refractivity contribution in [1.82, 2.24) is 0 Å². The number of alkyl halides is 3. The van der Waals surface area contributed by atoms with Crippen LogP contribution in [-0.2, 0) is 4.79 Å². The van der Waals surface area contributed by atoms with Gasteiger partial charge in [-0.2, -0.15) is 13.2 Å². The molecule has 1 amide bonds. The minimum Gasteiger partial charge on any atom is -0.369 e. The molecule has 106 valence electrons. The van der Waals surface area contributed by atoms with E-state index in [0.29, 0.717) is 6.04 Å². The summed E-state index contributed by atoms with van der Waals surface area (Å²) in [5, 5.41) is 1.81. The Hall–Kier alpha value is -1.72. The van der Waals surface area contributed by atoms with Crippen LogP contribution in [0.3, 0.4) is 0 Å². The summed E-state index contributed by atoms with van der Waals surface area (Å²) in [7, 11) is 0. The molecule has 0 aliphatic rings. The second kappa shape index (κ2) is 5.95. The molecule has 0 bridgehead atoms. The maximum Gasteiger partial charge on any atom is 0.471 e. The van der Waals surface area contributed by atoms with Crippen LogP contribution in [0.25, 0.3) is 0 Å². The summed E-state index contributed by atoms with van der Waals surface area (Å²) in [4.78, 5) is 12.9. The van der Waals surface area contributed by atoms with Gasteiger partial charge in [0.15, 0.2) is 0 Å². The molecule has 0 fully saturated rings. The number of benzene rings is 1. The lowest BCUT2D eigenvalue weighted by Crippen LogP contribution is -2.31. The third-order valence-corrected chi connectivity index (χ3v) is 2.68. The summed E-state index contributed by atoms with van der Waals surface area (Å²) in [5.74, 6) is -1.96. The van der Waals surface area contributed by atoms with Crippen molar-refractivity contribution in [1.29, 1.82) is 0 Å². The van der Waals surface area contributed by atoms with E-state index in [-0.39, 0.29) is 5.69 Å². The van der Waals surface area contributed by atoms with Crippen molar-refractivity contribution >= 4 is 17.3 Å². The van der Waals surface area contributed by atoms with Crippen LogP contribution in [0.1, 0.15) is 20.8 Å². The summed E-state index contributed by atoms with van der Waals surface area (Å²) in [6.07, 6.45) is -4.87. The molecule has 0 saturated carbocycles. The molecule has 1 N–H and O–H groups in total. The van der Waals surface area contributed by atoms with Gasteiger partial charge in [-0.05, 0) is 45.0 Å². The summed E-state index contributed by atoms with van der Waals surface area (Å²) in [6.45, 7) is 6.86. The normalized spacial score (nSPS) is 11.5. The number of hydrogen-bond donors (Lipinski definition) is 1. The number of nitrogens with one attached hydrogen (secondary N) is 1. The van der Waals surface area contributed by atoms with Crippen molar-refractivity contribution in [2.75, 3.05) is 16.8 Å². The number of rotatable bonds is 4. The van der Waals surface area contributed by atoms with E-state index in [1.807, 2.05) is 26.1 Å². The standard InChI is InChI=1S/C13H17F3N2O/c1-4-18(9(2)3)11-7-5-10(6-8-11)17-12(19)13(14,15)16/h5-9H,4H2,1-3H3,(H,17,19). The smallest absolute Gasteiger partial charge is 0.369 e. The third-order valence-electron chi connectivity index (χ3n) is 2.68. The van der Waals surface area contributed by atoms with Crippen LogP contribution in [0, 0.1) is 0 Å². The number of carbonyl (C=O) groups is 1. The van der Waals surface area contributed by atoms with Crippen LogP contribution in [-0.4, -0.2) is 24.7 Å². The zero-order chi connectivity index (χ0) is 14.6. The lowest BCUT2D eigenvalue weighted by atomic mass is 10.2. The SMILES string of the molecule is CCN(c1ccc(NC(=O)C(F)(F)F)cc1)C(C)C. The van der Waals surface area contributed by atoms with Gasteiger partial charge in [0.1, 0.15) is 0 Å². The zero-order valence-corrected chi connectivity index (χ0v) is 11.1. The van der Waals surface area contributed by atoms with Crippen molar-refractivity contribution in [2.45, 2.75) is 33.0 Å². The van der Waals surface area contributed by atoms with Crippen molar-refractivity contribution < 1.29 is 18.0 Å². The largest absolute Gasteiger partial charge is 0.471 e. The van der Waals surface area contributed by atoms with E-state index in [1.54, 1.807) is 12.1 Å². The molecule has 0 spiro atoms. The maximum atomic E-state index is 12.1. The molecule has 3 nitrogen and oxygen atoms in total. The van der Waals surface area contributed by atoms with Gasteiger partial charge in [0.2, 0.25) is 0 Å². The summed E-state index contributed by atoms with van der Waals surface area (Å²) < 4.78 is 36.2. The van der Waals surface area contributed by atoms with Crippen molar-refractivity contribution in [2.24, 2.45) is 0 Å². The van der Waals surface area contributed by atoms with Gasteiger partial charge in [-0.15, -0.1) is 0 Å². The lowest BCUT2D eigenvalue weighted by molar-refractivity contribution is -0.167. The van der Waals surface area contributed by atoms with Gasteiger partial charge in [0.05, 0.1) is 0 Å². The average Bonchev–Trinajstić information content (AvgIpc) is 2.30. The molecule has 0 aliphatic carbocycles. The predicted octanol–water partition coefficient (Wildman–Crippen LogP) is 3.42. The molecule has 1 aromatic carbocycles. The molecule has 0 radical (unpaired) electrons. The molecule has 6 heteroatoms. The number of nitrogens with zero attached hydrogens (tertiary/aromatic N) is 1. The minimum atomic E-state index is -4.87. The maximum absolute atomic E-state index is 12.1. The Bertz CT molecular complexity index is 427. The van der Waals surface area contributed by atoms with Gasteiger partial charge < -0.3 is 10.2 Å². The van der Waals surface area contributed by atoms with Crippen LogP contribution in [0.2, 0.25) is 0 Å². The van der Waals surface area contributed by atoms with Gasteiger partial charge in [-0.25, -0.2) is 0 Å². The van der Waals surface area contributed by atoms with E-state index in [9.17, 15) is 18.0 Å². The molecule has 0 aliphatic heterocycles. The summed E-state index contributed by atoms with van der Waals surface area (Å²) in [5.41, 5.74) is 1.04. The van der Waals surface area contributed by atoms with Gasteiger partial charge in [0.25, 0.3) is 0 Å². The van der Waals surface area contributed by atoms with Crippen LogP contribution >= 0.6 is 0 Å². The minimum absolute atomic E-state index is 0.130. The van der Waals surface area contributed by atoms with Gasteiger partial charge >= 0.3 is 12.1 Å². The number of hydrogen-bond acceptors (Lipinski definition) is 2. The highest BCUT2D eigenvalue weighted by atomic mass is 19.4. The monoisotopic (exact) mass is 274 g/mol. The fourth-order valence-electron chi connectivity index (χ4n) is 1.78. The molecule has 0 unspecified atom stereocenters. The Morgan fingerprint density at radius 1 is 1.26 bits per heavy atom. The molecule has 1 aromatic rings. The quantitative estimate of drug-likeness (QED) is 0.912. The first kappa shape index (κ1) is 15.3. The van der Waals surface area contributed by atoms with E-state index in [4.69, 9.17) is 0 Å². The number of carbonyl (C=O) groups excluding carboxylic acids is 1. The summed E-state index contributed by atoms with van der Waals surface area (Å²) >= 11 is 0. The van der Waals surface area contributed by atoms with E-state index < -0.39 is 12.1 Å². The Morgan fingerprint density at radius 3 is 2.16 bits per heavy atom. The van der Waals surface area contributed by atoms with Crippen LogP contribution in [0.5, 0.6) is 0 Å². The van der Waals surface area contributed by atoms with E-state index in [2.05, 4.69) is 4.90 Å². The Balaban J connectivity index is 2.80. The van der Waals surface area contributed by atoms with Gasteiger partial charge in [-0.1, -0.05) is 0 Å². The molecule has 0 atom stereocenters. The highest BCUT2D eigenvalue weighted by Crippen LogP contribution is 2.22. The van der Waals surface area contributed by atoms with Crippen LogP contribution < -0.4 is 10.2 Å². The number of halogens is 3. The molecular formula is C13H17F3N2O. The van der Waals surface area contributed by atoms with E-state index in [1.165, 1.54) is 12.1 Å². The third kappa shape index (κ3) is 4.15. The fraction of sp³-hybridized carbons (Fsp3) is 0.462. The van der Waals surface area contributed by atoms with E-state index >= 15 is 0 Å². The molecule has 1 rings (SSSR count). The van der Waals surface area contributed by atoms with Gasteiger partial charge in [0, 0.05) is 24.0 Å². The molecule has 0 heterocycles. The molecular weight excluding hydrogens is 257 g/mol. The molecule has 19 heavy (non-hydrogen) atoms. The van der Waals surface area contributed by atoms with Crippen molar-refractivity contribution in [3.05, 3.63) is 24.3 Å². The first-order chi connectivity index (χ1) is 8.75. The predicted molar refractivity (Wildman–Crippen MR) is 69.3 cm³/mol. The average molecular weight is 274 g/mol. The zero-order valence-electron chi connectivity index (χ0n) is 11.1. The molecule has 0 saturated heterocycles. The lowest BCUT2D eigenvalue weighted by Gasteiger charge is -2.27. The Labute approximate surface area is 110 Å². The topological polar surface area (TPSA) is 32.3 Å². The second-order valence-corrected chi connectivity index (χ2v) is 4.38. The Morgan fingerprint density at radius 2 is 1.79 bits per heavy atom. The number of anilines is 2. The van der Waals surface area contributed by atoms with Gasteiger partial charge in [-0.3, -0.25) is 4.79 Å². The fourth-order valence-corrected chi connectivity index (χ4v) is 1.78. The highest BCUT2D eigenvalue weighted by Gasteiger charge is 2.38. The first-order valence-electron chi connectivity index (χ1n) is 6.00. The second-order valence-electron chi connectivity index (χ2n) is 4.38. The van der Waals surface area contributed by atoms with Crippen LogP contribution in [0.4, 0.5) is 24.5 Å². The van der Waals surface area contributed by atoms with Crippen molar-refractivity contribution in [3.8, 4) is 0 Å². The molecule has 0 aromatic heterocycles. The summed E-state index contributed by atoms with van der Waals surface area (Å²) in [6, 6.07) is 6.60. The number of amides is 1. The highest BCUT2D eigenvalue weighted by molar-refractivity contribution is 5.95.